The first kappa shape index (κ1) is 15.4. The number of hydrogen-bond donors (Lipinski definition) is 2. The van der Waals surface area contributed by atoms with Crippen LogP contribution in [0.25, 0.3) is 0 Å². The van der Waals surface area contributed by atoms with Gasteiger partial charge in [0.25, 0.3) is 0 Å². The molecule has 0 spiro atoms. The summed E-state index contributed by atoms with van der Waals surface area (Å²) < 4.78 is 10.5. The molecule has 0 unspecified atom stereocenters. The van der Waals surface area contributed by atoms with E-state index >= 15 is 0 Å². The number of carbonyl (C=O) groups excluding carboxylic acids is 1. The van der Waals surface area contributed by atoms with E-state index < -0.39 is 41.6 Å². The van der Waals surface area contributed by atoms with Crippen LogP contribution < -0.4 is 0 Å². The molecule has 2 atom stereocenters. The molecule has 0 aromatic heterocycles. The van der Waals surface area contributed by atoms with Crippen molar-refractivity contribution in [2.45, 2.75) is 51.9 Å². The molecule has 1 heterocycles. The fraction of sp³-hybridized carbons (Fsp3) is 0.750. The van der Waals surface area contributed by atoms with Crippen LogP contribution in [-0.4, -0.2) is 40.0 Å². The van der Waals surface area contributed by atoms with Gasteiger partial charge in [0.2, 0.25) is 6.29 Å². The normalized spacial score (nSPS) is 27.1. The van der Waals surface area contributed by atoms with Gasteiger partial charge in [-0.3, -0.25) is 9.59 Å². The maximum absolute atomic E-state index is 11.9. The van der Waals surface area contributed by atoms with Gasteiger partial charge in [-0.1, -0.05) is 20.8 Å². The highest BCUT2D eigenvalue weighted by Gasteiger charge is 2.54. The molecule has 1 aliphatic heterocycles. The van der Waals surface area contributed by atoms with Crippen molar-refractivity contribution < 1.29 is 34.1 Å². The highest BCUT2D eigenvalue weighted by Crippen LogP contribution is 2.39. The van der Waals surface area contributed by atoms with Crippen LogP contribution in [0.3, 0.4) is 0 Å². The number of rotatable bonds is 5. The van der Waals surface area contributed by atoms with Crippen LogP contribution in [-0.2, 0) is 23.9 Å². The maximum Gasteiger partial charge on any atom is 0.341 e. The van der Waals surface area contributed by atoms with Crippen molar-refractivity contribution in [3.63, 3.8) is 0 Å². The molecule has 7 heteroatoms. The number of carboxylic acids is 2. The van der Waals surface area contributed by atoms with Gasteiger partial charge in [0, 0.05) is 11.8 Å². The van der Waals surface area contributed by atoms with Crippen molar-refractivity contribution in [2.24, 2.45) is 5.41 Å². The van der Waals surface area contributed by atoms with Crippen LogP contribution in [0.15, 0.2) is 0 Å². The third-order valence-electron chi connectivity index (χ3n) is 2.81. The van der Waals surface area contributed by atoms with Crippen molar-refractivity contribution >= 4 is 17.9 Å². The fourth-order valence-corrected chi connectivity index (χ4v) is 1.75. The molecular formula is C12H18O7. The van der Waals surface area contributed by atoms with Crippen LogP contribution in [0.2, 0.25) is 0 Å². The average molecular weight is 274 g/mol. The van der Waals surface area contributed by atoms with E-state index in [1.807, 2.05) is 0 Å². The molecule has 7 nitrogen and oxygen atoms in total. The van der Waals surface area contributed by atoms with E-state index in [4.69, 9.17) is 19.7 Å². The van der Waals surface area contributed by atoms with Crippen molar-refractivity contribution in [1.29, 1.82) is 0 Å². The summed E-state index contributed by atoms with van der Waals surface area (Å²) in [6.07, 6.45) is -2.07. The molecule has 0 aromatic rings. The van der Waals surface area contributed by atoms with E-state index in [2.05, 4.69) is 0 Å². The predicted molar refractivity (Wildman–Crippen MR) is 62.3 cm³/mol. The standard InChI is InChI=1S/C12H18O7/c1-11(2,3)10-18-9(17)12(19-10,6-8(15)16)5-4-7(13)14/h10H,4-6H2,1-3H3,(H,13,14)(H,15,16)/t10-,12+/m1/s1. The molecule has 1 rings (SSSR count). The minimum Gasteiger partial charge on any atom is -0.481 e. The number of aliphatic carboxylic acids is 2. The van der Waals surface area contributed by atoms with E-state index in [0.717, 1.165) is 0 Å². The molecule has 0 aromatic carbocycles. The van der Waals surface area contributed by atoms with Gasteiger partial charge in [0.1, 0.15) is 0 Å². The Balaban J connectivity index is 2.94. The van der Waals surface area contributed by atoms with Gasteiger partial charge in [-0.25, -0.2) is 4.79 Å². The second-order valence-corrected chi connectivity index (χ2v) is 5.68. The van der Waals surface area contributed by atoms with Gasteiger partial charge in [0.15, 0.2) is 5.60 Å². The van der Waals surface area contributed by atoms with Crippen LogP contribution in [0, 0.1) is 5.41 Å². The molecule has 0 bridgehead atoms. The van der Waals surface area contributed by atoms with Gasteiger partial charge in [0.05, 0.1) is 6.42 Å². The molecule has 1 aliphatic rings. The Bertz CT molecular complexity index is 395. The van der Waals surface area contributed by atoms with Crippen molar-refractivity contribution in [3.05, 3.63) is 0 Å². The maximum atomic E-state index is 11.9. The molecule has 1 saturated heterocycles. The first-order chi connectivity index (χ1) is 8.57. The molecular weight excluding hydrogens is 256 g/mol. The SMILES string of the molecule is CC(C)(C)[C@@H]1OC(=O)[C@](CCC(=O)O)(CC(=O)O)O1. The summed E-state index contributed by atoms with van der Waals surface area (Å²) in [5.74, 6) is -3.17. The lowest BCUT2D eigenvalue weighted by molar-refractivity contribution is -0.163. The van der Waals surface area contributed by atoms with E-state index in [1.54, 1.807) is 20.8 Å². The number of hydrogen-bond acceptors (Lipinski definition) is 5. The summed E-state index contributed by atoms with van der Waals surface area (Å²) in [7, 11) is 0. The molecule has 0 radical (unpaired) electrons. The Kier molecular flexibility index (Phi) is 4.19. The number of ether oxygens (including phenoxy) is 2. The van der Waals surface area contributed by atoms with Gasteiger partial charge in [-0.2, -0.15) is 0 Å². The Hall–Kier alpha value is -1.63. The summed E-state index contributed by atoms with van der Waals surface area (Å²) in [6, 6.07) is 0. The predicted octanol–water partition coefficient (Wildman–Crippen LogP) is 1.01. The fourth-order valence-electron chi connectivity index (χ4n) is 1.75. The Labute approximate surface area is 110 Å². The van der Waals surface area contributed by atoms with E-state index in [1.165, 1.54) is 0 Å². The number of esters is 1. The first-order valence-corrected chi connectivity index (χ1v) is 5.89. The van der Waals surface area contributed by atoms with E-state index in [-0.39, 0.29) is 12.8 Å². The van der Waals surface area contributed by atoms with Crippen LogP contribution >= 0.6 is 0 Å². The molecule has 0 aliphatic carbocycles. The van der Waals surface area contributed by atoms with Gasteiger partial charge >= 0.3 is 17.9 Å². The summed E-state index contributed by atoms with van der Waals surface area (Å²) >= 11 is 0. The number of carbonyl (C=O) groups is 3. The molecule has 1 fully saturated rings. The Morgan fingerprint density at radius 2 is 1.84 bits per heavy atom. The topological polar surface area (TPSA) is 110 Å². The number of carboxylic acid groups (broad SMARTS) is 2. The van der Waals surface area contributed by atoms with Gasteiger partial charge in [-0.05, 0) is 6.42 Å². The second kappa shape index (κ2) is 5.16. The average Bonchev–Trinajstić information content (AvgIpc) is 2.53. The Morgan fingerprint density at radius 1 is 1.26 bits per heavy atom. The van der Waals surface area contributed by atoms with Crippen LogP contribution in [0.5, 0.6) is 0 Å². The monoisotopic (exact) mass is 274 g/mol. The molecule has 19 heavy (non-hydrogen) atoms. The minimum absolute atomic E-state index is 0.222. The lowest BCUT2D eigenvalue weighted by atomic mass is 9.93. The summed E-state index contributed by atoms with van der Waals surface area (Å²) in [5.41, 5.74) is -2.22. The highest BCUT2D eigenvalue weighted by atomic mass is 16.8. The summed E-state index contributed by atoms with van der Waals surface area (Å²) in [5, 5.41) is 17.6. The lowest BCUT2D eigenvalue weighted by Gasteiger charge is -2.27. The van der Waals surface area contributed by atoms with Gasteiger partial charge < -0.3 is 19.7 Å². The zero-order valence-electron chi connectivity index (χ0n) is 11.1. The zero-order valence-corrected chi connectivity index (χ0v) is 11.1. The van der Waals surface area contributed by atoms with Crippen molar-refractivity contribution in [3.8, 4) is 0 Å². The van der Waals surface area contributed by atoms with Crippen LogP contribution in [0.1, 0.15) is 40.0 Å². The minimum atomic E-state index is -1.71. The summed E-state index contributed by atoms with van der Waals surface area (Å²) in [4.78, 5) is 33.4. The molecule has 108 valence electrons. The third-order valence-corrected chi connectivity index (χ3v) is 2.81. The lowest BCUT2D eigenvalue weighted by Crippen LogP contribution is -2.40. The van der Waals surface area contributed by atoms with Crippen LogP contribution in [0.4, 0.5) is 0 Å². The smallest absolute Gasteiger partial charge is 0.341 e. The Morgan fingerprint density at radius 3 is 2.21 bits per heavy atom. The largest absolute Gasteiger partial charge is 0.481 e. The second-order valence-electron chi connectivity index (χ2n) is 5.68. The van der Waals surface area contributed by atoms with Gasteiger partial charge in [-0.15, -0.1) is 0 Å². The summed E-state index contributed by atoms with van der Waals surface area (Å²) in [6.45, 7) is 5.33. The third kappa shape index (κ3) is 3.66. The highest BCUT2D eigenvalue weighted by molar-refractivity contribution is 5.87. The molecule has 0 amide bonds. The quantitative estimate of drug-likeness (QED) is 0.720. The van der Waals surface area contributed by atoms with E-state index in [0.29, 0.717) is 0 Å². The molecule has 0 saturated carbocycles. The molecule has 2 N–H and O–H groups in total. The zero-order chi connectivity index (χ0) is 14.8. The first-order valence-electron chi connectivity index (χ1n) is 5.89. The van der Waals surface area contributed by atoms with Crippen molar-refractivity contribution in [1.82, 2.24) is 0 Å². The van der Waals surface area contributed by atoms with Crippen molar-refractivity contribution in [2.75, 3.05) is 0 Å². The number of cyclic esters (lactones) is 1. The van der Waals surface area contributed by atoms with E-state index in [9.17, 15) is 14.4 Å².